The molecule has 0 amide bonds. The van der Waals surface area contributed by atoms with Crippen molar-refractivity contribution >= 4 is 34.5 Å². The molecular weight excluding hydrogens is 356 g/mol. The zero-order valence-electron chi connectivity index (χ0n) is 11.1. The first-order valence-corrected chi connectivity index (χ1v) is 7.32. The molecule has 6 heteroatoms. The Hall–Kier alpha value is -1.66. The number of rotatable bonds is 3. The number of carbonyl (C=O) groups is 1. The van der Waals surface area contributed by atoms with Crippen molar-refractivity contribution in [2.24, 2.45) is 0 Å². The summed E-state index contributed by atoms with van der Waals surface area (Å²) in [6.07, 6.45) is 0. The van der Waals surface area contributed by atoms with E-state index in [2.05, 4.69) is 33.3 Å². The fourth-order valence-electron chi connectivity index (χ4n) is 1.92. The van der Waals surface area contributed by atoms with E-state index in [1.807, 2.05) is 0 Å². The summed E-state index contributed by atoms with van der Waals surface area (Å²) in [6.45, 7) is 0. The number of hydrogen-bond acceptors (Lipinski definition) is 5. The predicted octanol–water partition coefficient (Wildman–Crippen LogP) is 3.67. The first-order valence-electron chi connectivity index (χ1n) is 6.01. The standard InChI is InChI=1S/C15H13BrO4S/c1-20-15(19)8-2-4-10(12(16)6-8)14(21)11-7-9(17)3-5-13(11)18/h2-7,14,17-18,21H,1H3. The number of benzene rings is 2. The molecule has 0 spiro atoms. The van der Waals surface area contributed by atoms with Crippen molar-refractivity contribution in [2.75, 3.05) is 7.11 Å². The lowest BCUT2D eigenvalue weighted by atomic mass is 10.0. The Morgan fingerprint density at radius 2 is 1.90 bits per heavy atom. The second-order valence-corrected chi connectivity index (χ2v) is 5.74. The smallest absolute Gasteiger partial charge is 0.337 e. The summed E-state index contributed by atoms with van der Waals surface area (Å²) in [4.78, 5) is 11.5. The van der Waals surface area contributed by atoms with Gasteiger partial charge >= 0.3 is 5.97 Å². The Bertz CT molecular complexity index is 687. The molecule has 0 aliphatic rings. The van der Waals surface area contributed by atoms with Gasteiger partial charge in [-0.15, -0.1) is 0 Å². The number of methoxy groups -OCH3 is 1. The molecule has 1 unspecified atom stereocenters. The second kappa shape index (κ2) is 6.41. The van der Waals surface area contributed by atoms with Crippen molar-refractivity contribution in [3.05, 3.63) is 57.6 Å². The molecule has 21 heavy (non-hydrogen) atoms. The van der Waals surface area contributed by atoms with Gasteiger partial charge in [0.25, 0.3) is 0 Å². The van der Waals surface area contributed by atoms with E-state index < -0.39 is 11.2 Å². The molecule has 2 N–H and O–H groups in total. The molecule has 0 bridgehead atoms. The molecule has 0 aliphatic carbocycles. The number of phenolic OH excluding ortho intramolecular Hbond substituents is 2. The van der Waals surface area contributed by atoms with Gasteiger partial charge in [-0.2, -0.15) is 12.6 Å². The third-order valence-electron chi connectivity index (χ3n) is 3.02. The minimum atomic E-state index is -0.460. The van der Waals surface area contributed by atoms with E-state index >= 15 is 0 Å². The highest BCUT2D eigenvalue weighted by Crippen LogP contribution is 2.39. The molecule has 0 aromatic heterocycles. The number of phenols is 2. The van der Waals surface area contributed by atoms with E-state index in [-0.39, 0.29) is 11.5 Å². The van der Waals surface area contributed by atoms with Crippen LogP contribution in [0.25, 0.3) is 0 Å². The highest BCUT2D eigenvalue weighted by molar-refractivity contribution is 9.10. The van der Waals surface area contributed by atoms with E-state index in [1.54, 1.807) is 18.2 Å². The van der Waals surface area contributed by atoms with Gasteiger partial charge in [-0.3, -0.25) is 0 Å². The maximum absolute atomic E-state index is 11.5. The topological polar surface area (TPSA) is 66.8 Å². The lowest BCUT2D eigenvalue weighted by Crippen LogP contribution is -2.03. The van der Waals surface area contributed by atoms with Gasteiger partial charge in [0, 0.05) is 10.0 Å². The minimum Gasteiger partial charge on any atom is -0.508 e. The van der Waals surface area contributed by atoms with Crippen LogP contribution in [0.1, 0.15) is 26.7 Å². The van der Waals surface area contributed by atoms with Crippen LogP contribution in [0.4, 0.5) is 0 Å². The average molecular weight is 369 g/mol. The van der Waals surface area contributed by atoms with Crippen LogP contribution in [0, 0.1) is 0 Å². The van der Waals surface area contributed by atoms with E-state index in [0.717, 1.165) is 5.56 Å². The molecule has 1 atom stereocenters. The van der Waals surface area contributed by atoms with Gasteiger partial charge in [0.05, 0.1) is 17.9 Å². The number of ether oxygens (including phenoxy) is 1. The minimum absolute atomic E-state index is 0.0387. The highest BCUT2D eigenvalue weighted by atomic mass is 79.9. The van der Waals surface area contributed by atoms with Crippen molar-refractivity contribution in [1.82, 2.24) is 0 Å². The molecule has 0 fully saturated rings. The van der Waals surface area contributed by atoms with Crippen LogP contribution < -0.4 is 0 Å². The number of carbonyl (C=O) groups excluding carboxylic acids is 1. The van der Waals surface area contributed by atoms with Crippen LogP contribution in [0.5, 0.6) is 11.5 Å². The van der Waals surface area contributed by atoms with E-state index in [9.17, 15) is 15.0 Å². The number of aromatic hydroxyl groups is 2. The van der Waals surface area contributed by atoms with E-state index in [4.69, 9.17) is 0 Å². The van der Waals surface area contributed by atoms with Crippen molar-refractivity contribution in [2.45, 2.75) is 5.25 Å². The summed E-state index contributed by atoms with van der Waals surface area (Å²) >= 11 is 7.87. The van der Waals surface area contributed by atoms with E-state index in [1.165, 1.54) is 25.3 Å². The molecule has 0 aliphatic heterocycles. The Kier molecular flexibility index (Phi) is 4.80. The highest BCUT2D eigenvalue weighted by Gasteiger charge is 2.18. The molecule has 2 rings (SSSR count). The van der Waals surface area contributed by atoms with Crippen LogP contribution in [-0.2, 0) is 4.74 Å². The van der Waals surface area contributed by atoms with Gasteiger partial charge in [-0.25, -0.2) is 4.79 Å². The summed E-state index contributed by atoms with van der Waals surface area (Å²) in [6, 6.07) is 9.23. The lowest BCUT2D eigenvalue weighted by molar-refractivity contribution is 0.0600. The Morgan fingerprint density at radius 3 is 2.52 bits per heavy atom. The number of halogens is 1. The van der Waals surface area contributed by atoms with Crippen LogP contribution in [0.15, 0.2) is 40.9 Å². The monoisotopic (exact) mass is 368 g/mol. The third-order valence-corrected chi connectivity index (χ3v) is 4.26. The third kappa shape index (κ3) is 3.33. The van der Waals surface area contributed by atoms with Gasteiger partial charge < -0.3 is 14.9 Å². The maximum Gasteiger partial charge on any atom is 0.337 e. The van der Waals surface area contributed by atoms with Crippen LogP contribution in [0.2, 0.25) is 0 Å². The molecule has 0 saturated carbocycles. The van der Waals surface area contributed by atoms with Gasteiger partial charge in [0.15, 0.2) is 0 Å². The molecule has 110 valence electrons. The normalized spacial score (nSPS) is 12.0. The summed E-state index contributed by atoms with van der Waals surface area (Å²) < 4.78 is 5.32. The average Bonchev–Trinajstić information content (AvgIpc) is 2.48. The summed E-state index contributed by atoms with van der Waals surface area (Å²) in [5, 5.41) is 19.0. The number of thiol groups is 1. The first kappa shape index (κ1) is 15.7. The Morgan fingerprint density at radius 1 is 1.19 bits per heavy atom. The Balaban J connectivity index is 2.42. The van der Waals surface area contributed by atoms with E-state index in [0.29, 0.717) is 15.6 Å². The number of esters is 1. The van der Waals surface area contributed by atoms with Gasteiger partial charge in [0.1, 0.15) is 11.5 Å². The fourth-order valence-corrected chi connectivity index (χ4v) is 3.14. The molecule has 0 saturated heterocycles. The second-order valence-electron chi connectivity index (χ2n) is 4.37. The molecule has 0 heterocycles. The molecular formula is C15H13BrO4S. The zero-order chi connectivity index (χ0) is 15.6. The molecule has 0 radical (unpaired) electrons. The zero-order valence-corrected chi connectivity index (χ0v) is 13.6. The predicted molar refractivity (Wildman–Crippen MR) is 86.1 cm³/mol. The molecule has 2 aromatic rings. The van der Waals surface area contributed by atoms with Crippen molar-refractivity contribution < 1.29 is 19.7 Å². The molecule has 4 nitrogen and oxygen atoms in total. The van der Waals surface area contributed by atoms with Crippen LogP contribution >= 0.6 is 28.6 Å². The largest absolute Gasteiger partial charge is 0.508 e. The maximum atomic E-state index is 11.5. The van der Waals surface area contributed by atoms with Crippen molar-refractivity contribution in [3.8, 4) is 11.5 Å². The SMILES string of the molecule is COC(=O)c1ccc(C(S)c2cc(O)ccc2O)c(Br)c1. The summed E-state index contributed by atoms with van der Waals surface area (Å²) in [7, 11) is 1.32. The van der Waals surface area contributed by atoms with Crippen molar-refractivity contribution in [1.29, 1.82) is 0 Å². The quantitative estimate of drug-likeness (QED) is 0.439. The summed E-state index contributed by atoms with van der Waals surface area (Å²) in [5.41, 5.74) is 1.64. The number of hydrogen-bond donors (Lipinski definition) is 3. The Labute approximate surface area is 135 Å². The molecule has 2 aromatic carbocycles. The first-order chi connectivity index (χ1) is 9.93. The fraction of sp³-hybridized carbons (Fsp3) is 0.133. The van der Waals surface area contributed by atoms with Gasteiger partial charge in [-0.1, -0.05) is 22.0 Å². The summed E-state index contributed by atoms with van der Waals surface area (Å²) in [5.74, 6) is -0.348. The van der Waals surface area contributed by atoms with Gasteiger partial charge in [0.2, 0.25) is 0 Å². The van der Waals surface area contributed by atoms with Crippen molar-refractivity contribution in [3.63, 3.8) is 0 Å². The van der Waals surface area contributed by atoms with Crippen LogP contribution in [-0.4, -0.2) is 23.3 Å². The van der Waals surface area contributed by atoms with Crippen LogP contribution in [0.3, 0.4) is 0 Å². The lowest BCUT2D eigenvalue weighted by Gasteiger charge is -2.16. The van der Waals surface area contributed by atoms with Gasteiger partial charge in [-0.05, 0) is 35.9 Å².